The fourth-order valence-electron chi connectivity index (χ4n) is 2.58. The molecule has 1 unspecified atom stereocenters. The third-order valence-corrected chi connectivity index (χ3v) is 3.72. The zero-order chi connectivity index (χ0) is 15.2. The maximum atomic E-state index is 5.99. The van der Waals surface area contributed by atoms with Gasteiger partial charge >= 0.3 is 0 Å². The predicted molar refractivity (Wildman–Crippen MR) is 80.0 cm³/mol. The van der Waals surface area contributed by atoms with Gasteiger partial charge in [-0.2, -0.15) is 0 Å². The molecule has 118 valence electrons. The topological polar surface area (TPSA) is 66.2 Å². The van der Waals surface area contributed by atoms with Gasteiger partial charge in [0.15, 0.2) is 11.5 Å². The molecule has 2 N–H and O–H groups in total. The molecular weight excluding hydrogens is 272 g/mol. The van der Waals surface area contributed by atoms with Gasteiger partial charge in [-0.15, -0.1) is 0 Å². The molecule has 0 bridgehead atoms. The van der Waals surface area contributed by atoms with Gasteiger partial charge in [-0.25, -0.2) is 0 Å². The van der Waals surface area contributed by atoms with Gasteiger partial charge < -0.3 is 24.7 Å². The van der Waals surface area contributed by atoms with Crippen LogP contribution in [-0.4, -0.2) is 52.2 Å². The Morgan fingerprint density at radius 3 is 2.76 bits per heavy atom. The van der Waals surface area contributed by atoms with Crippen LogP contribution in [0.1, 0.15) is 18.5 Å². The number of ether oxygens (including phenoxy) is 4. The van der Waals surface area contributed by atoms with Gasteiger partial charge in [-0.3, -0.25) is 4.90 Å². The van der Waals surface area contributed by atoms with Crippen LogP contribution in [0.4, 0.5) is 0 Å². The van der Waals surface area contributed by atoms with Crippen LogP contribution < -0.4 is 19.9 Å². The molecule has 1 aliphatic heterocycles. The second kappa shape index (κ2) is 7.49. The number of likely N-dealkylation sites (N-methyl/N-ethyl adjacent to an activating group) is 1. The van der Waals surface area contributed by atoms with E-state index in [4.69, 9.17) is 24.7 Å². The van der Waals surface area contributed by atoms with Gasteiger partial charge in [0.05, 0.1) is 13.7 Å². The highest BCUT2D eigenvalue weighted by atomic mass is 16.7. The third-order valence-electron chi connectivity index (χ3n) is 3.72. The standard InChI is InChI=1S/C15H24N2O4/c1-4-17(5-6-18-2)12(9-16)11-7-13(19-3)15-14(8-11)20-10-21-15/h7-8,12H,4-6,9-10,16H2,1-3H3. The van der Waals surface area contributed by atoms with E-state index in [1.54, 1.807) is 14.2 Å². The summed E-state index contributed by atoms with van der Waals surface area (Å²) in [4.78, 5) is 2.28. The van der Waals surface area contributed by atoms with Gasteiger partial charge in [0.25, 0.3) is 0 Å². The molecule has 6 nitrogen and oxygen atoms in total. The van der Waals surface area contributed by atoms with Crippen LogP contribution in [-0.2, 0) is 4.74 Å². The van der Waals surface area contributed by atoms with Gasteiger partial charge in [0, 0.05) is 26.2 Å². The number of nitrogens with zero attached hydrogens (tertiary/aromatic N) is 1. The lowest BCUT2D eigenvalue weighted by Crippen LogP contribution is -2.36. The van der Waals surface area contributed by atoms with Crippen LogP contribution >= 0.6 is 0 Å². The van der Waals surface area contributed by atoms with E-state index in [2.05, 4.69) is 11.8 Å². The summed E-state index contributed by atoms with van der Waals surface area (Å²) in [6.45, 7) is 5.24. The van der Waals surface area contributed by atoms with Crippen molar-refractivity contribution in [3.8, 4) is 17.2 Å². The first-order valence-corrected chi connectivity index (χ1v) is 7.15. The summed E-state index contributed by atoms with van der Waals surface area (Å²) in [7, 11) is 3.33. The Bertz CT molecular complexity index is 467. The highest BCUT2D eigenvalue weighted by Gasteiger charge is 2.25. The number of hydrogen-bond acceptors (Lipinski definition) is 6. The third kappa shape index (κ3) is 3.40. The Morgan fingerprint density at radius 1 is 1.33 bits per heavy atom. The van der Waals surface area contributed by atoms with Crippen LogP contribution in [0.3, 0.4) is 0 Å². The summed E-state index contributed by atoms with van der Waals surface area (Å²) in [5.41, 5.74) is 7.06. The Kier molecular flexibility index (Phi) is 5.67. The predicted octanol–water partition coefficient (Wildman–Crippen LogP) is 1.39. The van der Waals surface area contributed by atoms with Crippen molar-refractivity contribution in [1.82, 2.24) is 4.90 Å². The van der Waals surface area contributed by atoms with Crippen LogP contribution in [0.5, 0.6) is 17.2 Å². The first-order chi connectivity index (χ1) is 10.2. The second-order valence-electron chi connectivity index (χ2n) is 4.83. The minimum absolute atomic E-state index is 0.0912. The summed E-state index contributed by atoms with van der Waals surface area (Å²) in [6, 6.07) is 4.05. The molecule has 0 aliphatic carbocycles. The molecule has 1 heterocycles. The van der Waals surface area contributed by atoms with Crippen molar-refractivity contribution in [2.75, 3.05) is 47.3 Å². The molecular formula is C15H24N2O4. The van der Waals surface area contributed by atoms with Crippen molar-refractivity contribution < 1.29 is 18.9 Å². The molecule has 21 heavy (non-hydrogen) atoms. The lowest BCUT2D eigenvalue weighted by molar-refractivity contribution is 0.125. The smallest absolute Gasteiger partial charge is 0.231 e. The zero-order valence-corrected chi connectivity index (χ0v) is 12.9. The first-order valence-electron chi connectivity index (χ1n) is 7.15. The van der Waals surface area contributed by atoms with Crippen LogP contribution in [0.15, 0.2) is 12.1 Å². The van der Waals surface area contributed by atoms with Crippen molar-refractivity contribution in [1.29, 1.82) is 0 Å². The lowest BCUT2D eigenvalue weighted by Gasteiger charge is -2.30. The van der Waals surface area contributed by atoms with Crippen molar-refractivity contribution in [2.24, 2.45) is 5.73 Å². The largest absolute Gasteiger partial charge is 0.493 e. The number of nitrogens with two attached hydrogens (primary N) is 1. The molecule has 0 saturated heterocycles. The van der Waals surface area contributed by atoms with Crippen LogP contribution in [0.25, 0.3) is 0 Å². The summed E-state index contributed by atoms with van der Waals surface area (Å²) in [5, 5.41) is 0. The number of methoxy groups -OCH3 is 2. The average molecular weight is 296 g/mol. The van der Waals surface area contributed by atoms with E-state index >= 15 is 0 Å². The molecule has 6 heteroatoms. The van der Waals surface area contributed by atoms with Crippen molar-refractivity contribution >= 4 is 0 Å². The fraction of sp³-hybridized carbons (Fsp3) is 0.600. The van der Waals surface area contributed by atoms with E-state index in [1.165, 1.54) is 0 Å². The van der Waals surface area contributed by atoms with E-state index in [1.807, 2.05) is 12.1 Å². The van der Waals surface area contributed by atoms with Gasteiger partial charge in [0.2, 0.25) is 12.5 Å². The molecule has 0 fully saturated rings. The van der Waals surface area contributed by atoms with Crippen molar-refractivity contribution in [3.63, 3.8) is 0 Å². The van der Waals surface area contributed by atoms with E-state index in [9.17, 15) is 0 Å². The average Bonchev–Trinajstić information content (AvgIpc) is 2.98. The second-order valence-corrected chi connectivity index (χ2v) is 4.83. The first kappa shape index (κ1) is 15.9. The van der Waals surface area contributed by atoms with E-state index in [0.717, 1.165) is 18.7 Å². The highest BCUT2D eigenvalue weighted by Crippen LogP contribution is 2.43. The fourth-order valence-corrected chi connectivity index (χ4v) is 2.58. The molecule has 1 aromatic rings. The van der Waals surface area contributed by atoms with Gasteiger partial charge in [-0.1, -0.05) is 6.92 Å². The van der Waals surface area contributed by atoms with Gasteiger partial charge in [0.1, 0.15) is 0 Å². The van der Waals surface area contributed by atoms with Crippen molar-refractivity contribution in [2.45, 2.75) is 13.0 Å². The molecule has 0 spiro atoms. The van der Waals surface area contributed by atoms with E-state index < -0.39 is 0 Å². The molecule has 0 amide bonds. The maximum Gasteiger partial charge on any atom is 0.231 e. The zero-order valence-electron chi connectivity index (χ0n) is 12.9. The van der Waals surface area contributed by atoms with Crippen LogP contribution in [0.2, 0.25) is 0 Å². The molecule has 0 aromatic heterocycles. The summed E-state index contributed by atoms with van der Waals surface area (Å²) in [5.74, 6) is 2.06. The molecule has 2 rings (SSSR count). The summed E-state index contributed by atoms with van der Waals surface area (Å²) in [6.07, 6.45) is 0. The van der Waals surface area contributed by atoms with Crippen molar-refractivity contribution in [3.05, 3.63) is 17.7 Å². The Hall–Kier alpha value is -1.50. The van der Waals surface area contributed by atoms with Crippen LogP contribution in [0, 0.1) is 0 Å². The lowest BCUT2D eigenvalue weighted by atomic mass is 10.0. The molecule has 1 atom stereocenters. The maximum absolute atomic E-state index is 5.99. The monoisotopic (exact) mass is 296 g/mol. The SMILES string of the molecule is CCN(CCOC)C(CN)c1cc(OC)c2c(c1)OCO2. The molecule has 1 aromatic carbocycles. The summed E-state index contributed by atoms with van der Waals surface area (Å²) >= 11 is 0. The molecule has 0 radical (unpaired) electrons. The van der Waals surface area contributed by atoms with E-state index in [-0.39, 0.29) is 12.8 Å². The normalized spacial score (nSPS) is 14.5. The minimum Gasteiger partial charge on any atom is -0.493 e. The van der Waals surface area contributed by atoms with E-state index in [0.29, 0.717) is 30.4 Å². The molecule has 0 saturated carbocycles. The number of rotatable bonds is 8. The van der Waals surface area contributed by atoms with Gasteiger partial charge in [-0.05, 0) is 24.2 Å². The number of hydrogen-bond donors (Lipinski definition) is 1. The Labute approximate surface area is 125 Å². The Morgan fingerprint density at radius 2 is 2.14 bits per heavy atom. The highest BCUT2D eigenvalue weighted by molar-refractivity contribution is 5.55. The Balaban J connectivity index is 2.29. The molecule has 1 aliphatic rings. The number of fused-ring (bicyclic) bond motifs is 1. The number of benzene rings is 1. The summed E-state index contributed by atoms with van der Waals surface area (Å²) < 4.78 is 21.5. The minimum atomic E-state index is 0.0912. The quantitative estimate of drug-likeness (QED) is 0.782.